The Morgan fingerprint density at radius 1 is 1.03 bits per heavy atom. The van der Waals surface area contributed by atoms with Crippen molar-refractivity contribution in [2.75, 3.05) is 19.9 Å². The second-order valence-corrected chi connectivity index (χ2v) is 7.68. The molecule has 0 unspecified atom stereocenters. The van der Waals surface area contributed by atoms with Crippen LogP contribution in [0.3, 0.4) is 0 Å². The molecule has 5 rings (SSSR count). The summed E-state index contributed by atoms with van der Waals surface area (Å²) in [7, 11) is 0. The molecule has 0 amide bonds. The van der Waals surface area contributed by atoms with E-state index in [1.807, 2.05) is 12.1 Å². The van der Waals surface area contributed by atoms with Gasteiger partial charge < -0.3 is 9.47 Å². The van der Waals surface area contributed by atoms with E-state index >= 15 is 0 Å². The highest BCUT2D eigenvalue weighted by Gasteiger charge is 2.24. The monoisotopic (exact) mass is 394 g/mol. The van der Waals surface area contributed by atoms with Crippen LogP contribution in [0.4, 0.5) is 4.39 Å². The predicted octanol–water partition coefficient (Wildman–Crippen LogP) is 3.64. The molecule has 3 heterocycles. The van der Waals surface area contributed by atoms with Gasteiger partial charge in [-0.25, -0.2) is 9.37 Å². The number of benzene rings is 2. The van der Waals surface area contributed by atoms with Gasteiger partial charge in [0.1, 0.15) is 11.6 Å². The first-order chi connectivity index (χ1) is 14.2. The summed E-state index contributed by atoms with van der Waals surface area (Å²) < 4.78 is 24.2. The first kappa shape index (κ1) is 18.1. The van der Waals surface area contributed by atoms with E-state index in [9.17, 15) is 4.39 Å². The van der Waals surface area contributed by atoms with Crippen LogP contribution in [0.25, 0.3) is 0 Å². The molecule has 3 aromatic rings. The minimum absolute atomic E-state index is 0.229. The lowest BCUT2D eigenvalue weighted by atomic mass is 9.96. The molecule has 0 aliphatic carbocycles. The van der Waals surface area contributed by atoms with Crippen LogP contribution in [0.15, 0.2) is 42.5 Å². The smallest absolute Gasteiger partial charge is 0.231 e. The lowest BCUT2D eigenvalue weighted by molar-refractivity contribution is 0.173. The summed E-state index contributed by atoms with van der Waals surface area (Å²) in [5, 5.41) is 7.44. The summed E-state index contributed by atoms with van der Waals surface area (Å²) in [6.45, 7) is 3.24. The average Bonchev–Trinajstić information content (AvgIpc) is 3.38. The van der Waals surface area contributed by atoms with E-state index in [0.717, 1.165) is 55.4 Å². The van der Waals surface area contributed by atoms with Gasteiger partial charge in [0.15, 0.2) is 17.3 Å². The van der Waals surface area contributed by atoms with Crippen LogP contribution in [0.1, 0.15) is 41.5 Å². The van der Waals surface area contributed by atoms with Gasteiger partial charge in [-0.1, -0.05) is 18.2 Å². The predicted molar refractivity (Wildman–Crippen MR) is 105 cm³/mol. The molecule has 0 bridgehead atoms. The highest BCUT2D eigenvalue weighted by Crippen LogP contribution is 2.33. The van der Waals surface area contributed by atoms with Gasteiger partial charge in [0.05, 0.1) is 0 Å². The Morgan fingerprint density at radius 2 is 1.90 bits per heavy atom. The Labute approximate surface area is 168 Å². The van der Waals surface area contributed by atoms with E-state index in [0.29, 0.717) is 25.0 Å². The molecule has 1 N–H and O–H groups in total. The molecule has 0 spiro atoms. The number of fused-ring (bicyclic) bond motifs is 1. The number of rotatable bonds is 5. The van der Waals surface area contributed by atoms with Gasteiger partial charge in [-0.2, -0.15) is 5.10 Å². The number of halogens is 1. The Hall–Kier alpha value is -2.93. The van der Waals surface area contributed by atoms with Crippen LogP contribution in [0.5, 0.6) is 11.5 Å². The molecule has 150 valence electrons. The molecular formula is C22H23FN4O2. The maximum Gasteiger partial charge on any atom is 0.231 e. The fourth-order valence-corrected chi connectivity index (χ4v) is 4.06. The molecule has 1 saturated heterocycles. The van der Waals surface area contributed by atoms with E-state index < -0.39 is 0 Å². The van der Waals surface area contributed by atoms with Crippen LogP contribution >= 0.6 is 0 Å². The first-order valence-electron chi connectivity index (χ1n) is 9.99. The van der Waals surface area contributed by atoms with Crippen LogP contribution in [-0.4, -0.2) is 40.0 Å². The molecule has 1 aromatic heterocycles. The third-order valence-electron chi connectivity index (χ3n) is 5.62. The molecular weight excluding hydrogens is 371 g/mol. The molecule has 6 nitrogen and oxygen atoms in total. The van der Waals surface area contributed by atoms with E-state index in [4.69, 9.17) is 9.47 Å². The third-order valence-corrected chi connectivity index (χ3v) is 5.62. The fraction of sp³-hybridized carbons (Fsp3) is 0.364. The molecule has 1 fully saturated rings. The number of likely N-dealkylation sites (tertiary alicyclic amines) is 1. The van der Waals surface area contributed by atoms with Crippen molar-refractivity contribution in [2.24, 2.45) is 0 Å². The van der Waals surface area contributed by atoms with Gasteiger partial charge in [-0.15, -0.1) is 0 Å². The SMILES string of the molecule is Fc1cccc(Cc2n[nH]c(C3CCN(Cc4ccc5c(c4)OCO5)CC3)n2)c1. The first-order valence-corrected chi connectivity index (χ1v) is 9.99. The van der Waals surface area contributed by atoms with Crippen LogP contribution in [0, 0.1) is 5.82 Å². The van der Waals surface area contributed by atoms with Crippen LogP contribution in [0.2, 0.25) is 0 Å². The largest absolute Gasteiger partial charge is 0.454 e. The number of hydrogen-bond donors (Lipinski definition) is 1. The zero-order valence-corrected chi connectivity index (χ0v) is 16.1. The maximum atomic E-state index is 13.4. The summed E-state index contributed by atoms with van der Waals surface area (Å²) in [6, 6.07) is 12.8. The van der Waals surface area contributed by atoms with Crippen molar-refractivity contribution in [3.63, 3.8) is 0 Å². The number of aromatic nitrogens is 3. The number of nitrogens with zero attached hydrogens (tertiary/aromatic N) is 3. The number of ether oxygens (including phenoxy) is 2. The van der Waals surface area contributed by atoms with Crippen LogP contribution < -0.4 is 9.47 Å². The van der Waals surface area contributed by atoms with Crippen molar-refractivity contribution in [3.8, 4) is 11.5 Å². The van der Waals surface area contributed by atoms with Gasteiger partial charge in [0.25, 0.3) is 0 Å². The van der Waals surface area contributed by atoms with Gasteiger partial charge in [0, 0.05) is 18.9 Å². The fourth-order valence-electron chi connectivity index (χ4n) is 4.06. The van der Waals surface area contributed by atoms with E-state index in [2.05, 4.69) is 32.2 Å². The Kier molecular flexibility index (Phi) is 4.89. The number of H-pyrrole nitrogens is 1. The Morgan fingerprint density at radius 3 is 2.76 bits per heavy atom. The second-order valence-electron chi connectivity index (χ2n) is 7.68. The Balaban J connectivity index is 1.16. The third kappa shape index (κ3) is 4.10. The van der Waals surface area contributed by atoms with Crippen molar-refractivity contribution >= 4 is 0 Å². The van der Waals surface area contributed by atoms with Gasteiger partial charge >= 0.3 is 0 Å². The quantitative estimate of drug-likeness (QED) is 0.716. The van der Waals surface area contributed by atoms with Crippen molar-refractivity contribution in [1.29, 1.82) is 0 Å². The summed E-state index contributed by atoms with van der Waals surface area (Å²) in [4.78, 5) is 7.13. The highest BCUT2D eigenvalue weighted by molar-refractivity contribution is 5.44. The zero-order valence-electron chi connectivity index (χ0n) is 16.1. The lowest BCUT2D eigenvalue weighted by Gasteiger charge is -2.30. The number of piperidine rings is 1. The standard InChI is InChI=1S/C22H23FN4O2/c23-18-3-1-2-15(10-18)12-21-24-22(26-25-21)17-6-8-27(9-7-17)13-16-4-5-19-20(11-16)29-14-28-19/h1-5,10-11,17H,6-9,12-14H2,(H,24,25,26). The number of aromatic amines is 1. The normalized spacial score (nSPS) is 17.0. The summed E-state index contributed by atoms with van der Waals surface area (Å²) >= 11 is 0. The molecule has 2 aromatic carbocycles. The molecule has 0 atom stereocenters. The molecule has 0 saturated carbocycles. The lowest BCUT2D eigenvalue weighted by Crippen LogP contribution is -2.32. The van der Waals surface area contributed by atoms with E-state index in [-0.39, 0.29) is 5.82 Å². The average molecular weight is 394 g/mol. The molecule has 2 aliphatic heterocycles. The molecule has 29 heavy (non-hydrogen) atoms. The molecule has 7 heteroatoms. The maximum absolute atomic E-state index is 13.4. The second kappa shape index (κ2) is 7.83. The summed E-state index contributed by atoms with van der Waals surface area (Å²) in [5.41, 5.74) is 2.12. The summed E-state index contributed by atoms with van der Waals surface area (Å²) in [6.07, 6.45) is 2.62. The van der Waals surface area contributed by atoms with Gasteiger partial charge in [-0.05, 0) is 61.3 Å². The minimum atomic E-state index is -0.229. The van der Waals surface area contributed by atoms with Crippen molar-refractivity contribution in [3.05, 3.63) is 71.1 Å². The van der Waals surface area contributed by atoms with Crippen molar-refractivity contribution in [2.45, 2.75) is 31.7 Å². The van der Waals surface area contributed by atoms with Crippen molar-refractivity contribution in [1.82, 2.24) is 20.1 Å². The minimum Gasteiger partial charge on any atom is -0.454 e. The van der Waals surface area contributed by atoms with Gasteiger partial charge in [-0.3, -0.25) is 10.00 Å². The molecule has 0 radical (unpaired) electrons. The van der Waals surface area contributed by atoms with E-state index in [1.54, 1.807) is 6.07 Å². The van der Waals surface area contributed by atoms with Gasteiger partial charge in [0.2, 0.25) is 6.79 Å². The van der Waals surface area contributed by atoms with Crippen molar-refractivity contribution < 1.29 is 13.9 Å². The molecule has 2 aliphatic rings. The summed E-state index contributed by atoms with van der Waals surface area (Å²) in [5.74, 6) is 3.48. The van der Waals surface area contributed by atoms with E-state index in [1.165, 1.54) is 17.7 Å². The Bertz CT molecular complexity index is 998. The highest BCUT2D eigenvalue weighted by atomic mass is 19.1. The van der Waals surface area contributed by atoms with Crippen LogP contribution in [-0.2, 0) is 13.0 Å². The zero-order chi connectivity index (χ0) is 19.6. The number of hydrogen-bond acceptors (Lipinski definition) is 5. The topological polar surface area (TPSA) is 63.3 Å². The number of nitrogens with one attached hydrogen (secondary N) is 1.